The number of rotatable bonds is 6. The number of piperidine rings is 1. The van der Waals surface area contributed by atoms with Gasteiger partial charge in [-0.3, -0.25) is 0 Å². The molecule has 0 spiro atoms. The van der Waals surface area contributed by atoms with E-state index in [1.54, 1.807) is 18.7 Å². The van der Waals surface area contributed by atoms with E-state index in [0.29, 0.717) is 32.0 Å². The van der Waals surface area contributed by atoms with Crippen molar-refractivity contribution in [3.8, 4) is 5.75 Å². The summed E-state index contributed by atoms with van der Waals surface area (Å²) in [5.74, 6) is 0.836. The maximum absolute atomic E-state index is 12.5. The van der Waals surface area contributed by atoms with E-state index in [4.69, 9.17) is 4.74 Å². The van der Waals surface area contributed by atoms with Gasteiger partial charge in [-0.15, -0.1) is 0 Å². The molecule has 0 bridgehead atoms. The van der Waals surface area contributed by atoms with Gasteiger partial charge in [-0.25, -0.2) is 17.9 Å². The smallest absolute Gasteiger partial charge is 0.321 e. The average Bonchev–Trinajstić information content (AvgIpc) is 3.16. The summed E-state index contributed by atoms with van der Waals surface area (Å²) in [4.78, 5) is 14.2. The van der Waals surface area contributed by atoms with Crippen LogP contribution < -0.4 is 14.8 Å². The van der Waals surface area contributed by atoms with Crippen LogP contribution in [0.2, 0.25) is 0 Å². The van der Waals surface area contributed by atoms with Gasteiger partial charge in [-0.1, -0.05) is 0 Å². The number of urea groups is 1. The maximum atomic E-state index is 12.5. The highest BCUT2D eigenvalue weighted by Crippen LogP contribution is 2.25. The van der Waals surface area contributed by atoms with E-state index in [-0.39, 0.29) is 12.1 Å². The molecule has 2 fully saturated rings. The first-order valence-corrected chi connectivity index (χ1v) is 11.7. The second-order valence-corrected chi connectivity index (χ2v) is 10.2. The second kappa shape index (κ2) is 9.13. The molecular formula is C20H31N3O4S. The third-order valence-corrected chi connectivity index (χ3v) is 7.35. The first-order valence-electron chi connectivity index (χ1n) is 10.2. The van der Waals surface area contributed by atoms with Gasteiger partial charge in [0.1, 0.15) is 5.75 Å². The number of amides is 2. The molecule has 1 aliphatic carbocycles. The van der Waals surface area contributed by atoms with Gasteiger partial charge in [-0.05, 0) is 76.6 Å². The first kappa shape index (κ1) is 20.9. The molecular weight excluding hydrogens is 378 g/mol. The maximum Gasteiger partial charge on any atom is 0.321 e. The van der Waals surface area contributed by atoms with Crippen molar-refractivity contribution in [2.45, 2.75) is 69.8 Å². The normalized spacial score (nSPS) is 19.2. The lowest BCUT2D eigenvalue weighted by Crippen LogP contribution is -2.48. The van der Waals surface area contributed by atoms with E-state index in [1.165, 1.54) is 12.8 Å². The molecule has 8 heteroatoms. The summed E-state index contributed by atoms with van der Waals surface area (Å²) in [6.45, 7) is 4.38. The van der Waals surface area contributed by atoms with Crippen molar-refractivity contribution in [2.75, 3.05) is 18.4 Å². The fraction of sp³-hybridized carbons (Fsp3) is 0.650. The van der Waals surface area contributed by atoms with Gasteiger partial charge in [0.15, 0.2) is 0 Å². The summed E-state index contributed by atoms with van der Waals surface area (Å²) < 4.78 is 32.6. The number of carbonyl (C=O) groups excluding carboxylic acids is 1. The third-order valence-electron chi connectivity index (χ3n) is 5.44. The molecule has 0 aromatic heterocycles. The minimum Gasteiger partial charge on any atom is -0.490 e. The van der Waals surface area contributed by atoms with Crippen molar-refractivity contribution in [1.29, 1.82) is 0 Å². The van der Waals surface area contributed by atoms with E-state index >= 15 is 0 Å². The van der Waals surface area contributed by atoms with Crippen LogP contribution in [0.15, 0.2) is 24.3 Å². The number of hydrogen-bond donors (Lipinski definition) is 2. The molecule has 1 aromatic carbocycles. The Hall–Kier alpha value is -1.80. The molecule has 156 valence electrons. The fourth-order valence-corrected chi connectivity index (χ4v) is 4.56. The van der Waals surface area contributed by atoms with Gasteiger partial charge >= 0.3 is 6.03 Å². The zero-order chi connectivity index (χ0) is 20.1. The van der Waals surface area contributed by atoms with Gasteiger partial charge in [0.05, 0.1) is 11.4 Å². The number of nitrogens with one attached hydrogen (secondary N) is 2. The van der Waals surface area contributed by atoms with Crippen molar-refractivity contribution >= 4 is 21.7 Å². The topological polar surface area (TPSA) is 87.7 Å². The number of hydrogen-bond acceptors (Lipinski definition) is 4. The van der Waals surface area contributed by atoms with Crippen molar-refractivity contribution < 1.29 is 17.9 Å². The molecule has 2 aliphatic rings. The molecule has 1 saturated carbocycles. The van der Waals surface area contributed by atoms with Crippen molar-refractivity contribution in [1.82, 2.24) is 9.62 Å². The summed E-state index contributed by atoms with van der Waals surface area (Å²) in [5, 5.41) is 2.46. The summed E-state index contributed by atoms with van der Waals surface area (Å²) in [6.07, 6.45) is 6.24. The number of ether oxygens (including phenoxy) is 1. The van der Waals surface area contributed by atoms with Crippen LogP contribution in [0.3, 0.4) is 0 Å². The summed E-state index contributed by atoms with van der Waals surface area (Å²) in [6, 6.07) is 7.22. The Labute approximate surface area is 167 Å². The molecule has 3 rings (SSSR count). The monoisotopic (exact) mass is 409 g/mol. The highest BCUT2D eigenvalue weighted by molar-refractivity contribution is 7.90. The molecule has 1 aromatic rings. The number of carbonyl (C=O) groups is 1. The van der Waals surface area contributed by atoms with Crippen LogP contribution in [-0.2, 0) is 10.0 Å². The lowest BCUT2D eigenvalue weighted by atomic mass is 10.1. The molecule has 0 radical (unpaired) electrons. The highest BCUT2D eigenvalue weighted by atomic mass is 32.2. The lowest BCUT2D eigenvalue weighted by Gasteiger charge is -2.32. The Kier molecular flexibility index (Phi) is 6.82. The quantitative estimate of drug-likeness (QED) is 0.754. The van der Waals surface area contributed by atoms with Gasteiger partial charge in [0.25, 0.3) is 0 Å². The molecule has 7 nitrogen and oxygen atoms in total. The number of nitrogens with zero attached hydrogens (tertiary/aromatic N) is 1. The van der Waals surface area contributed by atoms with E-state index in [1.807, 2.05) is 24.3 Å². The molecule has 1 saturated heterocycles. The Morgan fingerprint density at radius 1 is 1.07 bits per heavy atom. The summed E-state index contributed by atoms with van der Waals surface area (Å²) >= 11 is 0. The predicted octanol–water partition coefficient (Wildman–Crippen LogP) is 3.33. The Balaban J connectivity index is 1.45. The highest BCUT2D eigenvalue weighted by Gasteiger charge is 2.27. The minimum absolute atomic E-state index is 0.108. The zero-order valence-electron chi connectivity index (χ0n) is 16.7. The molecule has 2 N–H and O–H groups in total. The fourth-order valence-electron chi connectivity index (χ4n) is 3.59. The van der Waals surface area contributed by atoms with Gasteiger partial charge in [-0.2, -0.15) is 0 Å². The zero-order valence-corrected chi connectivity index (χ0v) is 17.5. The summed E-state index contributed by atoms with van der Waals surface area (Å²) in [7, 11) is -3.28. The first-order chi connectivity index (χ1) is 13.3. The standard InChI is InChI=1S/C20H31N3O4S/c1-15(2)28(25,26)22-17-11-13-23(14-12-17)20(24)21-16-7-9-19(10-8-16)27-18-5-3-4-6-18/h7-10,15,17-18,22H,3-6,11-14H2,1-2H3,(H,21,24). The molecule has 28 heavy (non-hydrogen) atoms. The van der Waals surface area contributed by atoms with Gasteiger partial charge < -0.3 is 15.0 Å². The van der Waals surface area contributed by atoms with Crippen molar-refractivity contribution in [2.24, 2.45) is 0 Å². The van der Waals surface area contributed by atoms with Crippen LogP contribution >= 0.6 is 0 Å². The van der Waals surface area contributed by atoms with Crippen LogP contribution in [0.4, 0.5) is 10.5 Å². The lowest BCUT2D eigenvalue weighted by molar-refractivity contribution is 0.193. The van der Waals surface area contributed by atoms with E-state index in [0.717, 1.165) is 24.3 Å². The van der Waals surface area contributed by atoms with Gasteiger partial charge in [0, 0.05) is 24.8 Å². The van der Waals surface area contributed by atoms with Crippen molar-refractivity contribution in [3.05, 3.63) is 24.3 Å². The Morgan fingerprint density at radius 3 is 2.25 bits per heavy atom. The molecule has 1 aliphatic heterocycles. The molecule has 0 unspecified atom stereocenters. The van der Waals surface area contributed by atoms with Crippen LogP contribution in [0.5, 0.6) is 5.75 Å². The van der Waals surface area contributed by atoms with Crippen LogP contribution in [0, 0.1) is 0 Å². The molecule has 1 heterocycles. The second-order valence-electron chi connectivity index (χ2n) is 7.95. The average molecular weight is 410 g/mol. The van der Waals surface area contributed by atoms with Crippen molar-refractivity contribution in [3.63, 3.8) is 0 Å². The van der Waals surface area contributed by atoms with Crippen LogP contribution in [0.1, 0.15) is 52.4 Å². The van der Waals surface area contributed by atoms with E-state index < -0.39 is 15.3 Å². The number of benzene rings is 1. The van der Waals surface area contributed by atoms with Gasteiger partial charge in [0.2, 0.25) is 10.0 Å². The number of sulfonamides is 1. The van der Waals surface area contributed by atoms with Crippen LogP contribution in [-0.4, -0.2) is 49.8 Å². The Bertz CT molecular complexity index is 750. The largest absolute Gasteiger partial charge is 0.490 e. The van der Waals surface area contributed by atoms with E-state index in [2.05, 4.69) is 10.0 Å². The summed E-state index contributed by atoms with van der Waals surface area (Å²) in [5.41, 5.74) is 0.728. The number of anilines is 1. The minimum atomic E-state index is -3.28. The number of likely N-dealkylation sites (tertiary alicyclic amines) is 1. The van der Waals surface area contributed by atoms with E-state index in [9.17, 15) is 13.2 Å². The predicted molar refractivity (Wildman–Crippen MR) is 110 cm³/mol. The third kappa shape index (κ3) is 5.61. The molecule has 0 atom stereocenters. The molecule has 2 amide bonds. The SMILES string of the molecule is CC(C)S(=O)(=O)NC1CCN(C(=O)Nc2ccc(OC3CCCC3)cc2)CC1. The van der Waals surface area contributed by atoms with Crippen LogP contribution in [0.25, 0.3) is 0 Å². The Morgan fingerprint density at radius 2 is 1.68 bits per heavy atom.